The van der Waals surface area contributed by atoms with E-state index in [2.05, 4.69) is 9.99 Å². The Kier molecular flexibility index (Phi) is 8.90. The topological polar surface area (TPSA) is 94.4 Å². The molecule has 0 aliphatic carbocycles. The Balaban J connectivity index is 2.15. The molecule has 1 N–H and O–H groups in total. The zero-order valence-corrected chi connectivity index (χ0v) is 18.8. The van der Waals surface area contributed by atoms with Crippen molar-refractivity contribution in [3.05, 3.63) is 69.8 Å². The third-order valence-electron chi connectivity index (χ3n) is 4.54. The molecule has 0 fully saturated rings. The molecule has 2 aromatic rings. The number of alkyl halides is 1. The second-order valence-electron chi connectivity index (χ2n) is 7.67. The van der Waals surface area contributed by atoms with Gasteiger partial charge in [-0.25, -0.2) is 14.0 Å². The number of aliphatic hydroxyl groups excluding tert-OH is 1. The van der Waals surface area contributed by atoms with E-state index in [1.165, 1.54) is 7.11 Å². The van der Waals surface area contributed by atoms with Crippen molar-refractivity contribution < 1.29 is 33.4 Å². The van der Waals surface area contributed by atoms with Crippen LogP contribution in [0.2, 0.25) is 0 Å². The Hall–Kier alpha value is -3.26. The maximum absolute atomic E-state index is 14.7. The number of carbonyl (C=O) groups is 2. The minimum absolute atomic E-state index is 0.211. The van der Waals surface area contributed by atoms with Crippen LogP contribution in [0, 0.1) is 27.7 Å². The largest absolute Gasteiger partial charge is 0.459 e. The summed E-state index contributed by atoms with van der Waals surface area (Å²) in [7, 11) is 1.22. The Morgan fingerprint density at radius 1 is 0.938 bits per heavy atom. The highest BCUT2D eigenvalue weighted by atomic mass is 19.1. The fraction of sp³-hybridized carbons (Fsp3) is 0.375. The van der Waals surface area contributed by atoms with Crippen molar-refractivity contribution >= 4 is 18.2 Å². The Labute approximate surface area is 186 Å². The SMILES string of the molecule is CO/N=C\[C@@H](F)[C@H](OC(=O)c1cc(C)cc(C)c1)[C@H](O)COC(=O)c1cc(C)cc(C)c1. The van der Waals surface area contributed by atoms with Gasteiger partial charge in [-0.1, -0.05) is 39.5 Å². The summed E-state index contributed by atoms with van der Waals surface area (Å²) in [6, 6.07) is 10.2. The van der Waals surface area contributed by atoms with Gasteiger partial charge in [0.15, 0.2) is 12.3 Å². The molecular weight excluding hydrogens is 417 g/mol. The van der Waals surface area contributed by atoms with E-state index in [-0.39, 0.29) is 5.56 Å². The van der Waals surface area contributed by atoms with Gasteiger partial charge < -0.3 is 19.4 Å². The first-order valence-electron chi connectivity index (χ1n) is 10.0. The fourth-order valence-corrected chi connectivity index (χ4v) is 3.28. The van der Waals surface area contributed by atoms with Crippen molar-refractivity contribution in [1.82, 2.24) is 0 Å². The van der Waals surface area contributed by atoms with Crippen LogP contribution < -0.4 is 0 Å². The lowest BCUT2D eigenvalue weighted by molar-refractivity contribution is -0.0594. The van der Waals surface area contributed by atoms with Crippen molar-refractivity contribution in [2.45, 2.75) is 46.1 Å². The summed E-state index contributed by atoms with van der Waals surface area (Å²) < 4.78 is 25.1. The third kappa shape index (κ3) is 7.16. The molecule has 0 amide bonds. The van der Waals surface area contributed by atoms with E-state index in [0.717, 1.165) is 28.5 Å². The monoisotopic (exact) mass is 445 g/mol. The van der Waals surface area contributed by atoms with Crippen LogP contribution in [-0.4, -0.2) is 55.4 Å². The van der Waals surface area contributed by atoms with Crippen LogP contribution in [0.1, 0.15) is 43.0 Å². The van der Waals surface area contributed by atoms with E-state index < -0.39 is 36.9 Å². The summed E-state index contributed by atoms with van der Waals surface area (Å²) in [5.74, 6) is -1.51. The standard InChI is InChI=1S/C24H28FNO6/c1-14-6-15(2)9-18(8-14)23(28)31-13-21(27)22(20(25)12-26-30-5)32-24(29)19-10-16(3)7-17(4)11-19/h6-12,20-22,27H,13H2,1-5H3/b26-12-/t20-,21-,22+/m1/s1. The molecule has 0 aromatic heterocycles. The van der Waals surface area contributed by atoms with Crippen LogP contribution >= 0.6 is 0 Å². The molecule has 32 heavy (non-hydrogen) atoms. The zero-order chi connectivity index (χ0) is 23.8. The summed E-state index contributed by atoms with van der Waals surface area (Å²) in [4.78, 5) is 29.4. The average Bonchev–Trinajstić information content (AvgIpc) is 2.72. The smallest absolute Gasteiger partial charge is 0.338 e. The summed E-state index contributed by atoms with van der Waals surface area (Å²) >= 11 is 0. The number of hydrogen-bond acceptors (Lipinski definition) is 7. The van der Waals surface area contributed by atoms with Gasteiger partial charge >= 0.3 is 11.9 Å². The number of rotatable bonds is 9. The van der Waals surface area contributed by atoms with E-state index in [4.69, 9.17) is 9.47 Å². The predicted octanol–water partition coefficient (Wildman–Crippen LogP) is 3.63. The Bertz CT molecular complexity index is 950. The normalized spacial score (nSPS) is 14.0. The molecule has 0 bridgehead atoms. The third-order valence-corrected chi connectivity index (χ3v) is 4.54. The molecule has 0 radical (unpaired) electrons. The first-order chi connectivity index (χ1) is 15.1. The molecule has 0 aliphatic rings. The highest BCUT2D eigenvalue weighted by Crippen LogP contribution is 2.16. The number of nitrogens with zero attached hydrogens (tertiary/aromatic N) is 1. The van der Waals surface area contributed by atoms with E-state index in [1.807, 2.05) is 39.8 Å². The molecular formula is C24H28FNO6. The maximum Gasteiger partial charge on any atom is 0.338 e. The van der Waals surface area contributed by atoms with Crippen LogP contribution in [0.4, 0.5) is 4.39 Å². The first-order valence-corrected chi connectivity index (χ1v) is 10.0. The van der Waals surface area contributed by atoms with E-state index >= 15 is 0 Å². The summed E-state index contributed by atoms with van der Waals surface area (Å²) in [6.07, 6.45) is -4.55. The number of benzene rings is 2. The summed E-state index contributed by atoms with van der Waals surface area (Å²) in [6.45, 7) is 6.71. The van der Waals surface area contributed by atoms with E-state index in [9.17, 15) is 19.1 Å². The van der Waals surface area contributed by atoms with Crippen molar-refractivity contribution in [3.8, 4) is 0 Å². The number of carbonyl (C=O) groups excluding carboxylic acids is 2. The zero-order valence-electron chi connectivity index (χ0n) is 18.8. The summed E-state index contributed by atoms with van der Waals surface area (Å²) in [5.41, 5.74) is 3.91. The molecule has 0 spiro atoms. The van der Waals surface area contributed by atoms with Crippen LogP contribution in [-0.2, 0) is 14.3 Å². The number of hydrogen-bond donors (Lipinski definition) is 1. The molecule has 2 rings (SSSR count). The molecule has 0 saturated heterocycles. The molecule has 8 heteroatoms. The molecule has 3 atom stereocenters. The minimum Gasteiger partial charge on any atom is -0.459 e. The van der Waals surface area contributed by atoms with Crippen LogP contribution in [0.25, 0.3) is 0 Å². The van der Waals surface area contributed by atoms with E-state index in [0.29, 0.717) is 5.56 Å². The lowest BCUT2D eigenvalue weighted by atomic mass is 10.1. The van der Waals surface area contributed by atoms with Gasteiger partial charge in [-0.05, 0) is 52.0 Å². The molecule has 0 aliphatic heterocycles. The lowest BCUT2D eigenvalue weighted by Crippen LogP contribution is -2.43. The van der Waals surface area contributed by atoms with Crippen LogP contribution in [0.3, 0.4) is 0 Å². The lowest BCUT2D eigenvalue weighted by Gasteiger charge is -2.24. The molecule has 7 nitrogen and oxygen atoms in total. The number of halogens is 1. The Morgan fingerprint density at radius 2 is 1.41 bits per heavy atom. The quantitative estimate of drug-likeness (QED) is 0.360. The van der Waals surface area contributed by atoms with Crippen molar-refractivity contribution in [3.63, 3.8) is 0 Å². The highest BCUT2D eigenvalue weighted by Gasteiger charge is 2.33. The fourth-order valence-electron chi connectivity index (χ4n) is 3.28. The highest BCUT2D eigenvalue weighted by molar-refractivity contribution is 5.90. The second kappa shape index (κ2) is 11.4. The molecule has 172 valence electrons. The number of oxime groups is 1. The van der Waals surface area contributed by atoms with Crippen LogP contribution in [0.5, 0.6) is 0 Å². The molecule has 0 heterocycles. The predicted molar refractivity (Wildman–Crippen MR) is 118 cm³/mol. The molecule has 0 saturated carbocycles. The van der Waals surface area contributed by atoms with Gasteiger partial charge in [0.05, 0.1) is 17.3 Å². The summed E-state index contributed by atoms with van der Waals surface area (Å²) in [5, 5.41) is 13.8. The van der Waals surface area contributed by atoms with Gasteiger partial charge in [-0.15, -0.1) is 0 Å². The molecule has 2 aromatic carbocycles. The Morgan fingerprint density at radius 3 is 1.88 bits per heavy atom. The van der Waals surface area contributed by atoms with Gasteiger partial charge in [0, 0.05) is 0 Å². The second-order valence-corrected chi connectivity index (χ2v) is 7.67. The van der Waals surface area contributed by atoms with Gasteiger partial charge in [0.1, 0.15) is 19.8 Å². The number of esters is 2. The van der Waals surface area contributed by atoms with Gasteiger partial charge in [-0.3, -0.25) is 0 Å². The van der Waals surface area contributed by atoms with Crippen LogP contribution in [0.15, 0.2) is 41.6 Å². The average molecular weight is 445 g/mol. The van der Waals surface area contributed by atoms with Gasteiger partial charge in [0.25, 0.3) is 0 Å². The van der Waals surface area contributed by atoms with Crippen molar-refractivity contribution in [1.29, 1.82) is 0 Å². The van der Waals surface area contributed by atoms with Crippen molar-refractivity contribution in [2.75, 3.05) is 13.7 Å². The number of aryl methyl sites for hydroxylation is 4. The van der Waals surface area contributed by atoms with E-state index in [1.54, 1.807) is 24.3 Å². The maximum atomic E-state index is 14.7. The number of ether oxygens (including phenoxy) is 2. The molecule has 0 unspecified atom stereocenters. The van der Waals surface area contributed by atoms with Crippen molar-refractivity contribution in [2.24, 2.45) is 5.16 Å². The first kappa shape index (κ1) is 25.0. The number of aliphatic hydroxyl groups is 1. The minimum atomic E-state index is -2.00. The van der Waals surface area contributed by atoms with Gasteiger partial charge in [0.2, 0.25) is 0 Å². The van der Waals surface area contributed by atoms with Gasteiger partial charge in [-0.2, -0.15) is 0 Å².